The first-order chi connectivity index (χ1) is 9.16. The van der Waals surface area contributed by atoms with Gasteiger partial charge in [-0.1, -0.05) is 19.1 Å². The minimum Gasteiger partial charge on any atom is -0.481 e. The van der Waals surface area contributed by atoms with Gasteiger partial charge in [-0.15, -0.1) is 0 Å². The number of nitro groups is 1. The molecule has 1 unspecified atom stereocenters. The number of quaternary nitrogens is 1. The van der Waals surface area contributed by atoms with Crippen LogP contribution in [0, 0.1) is 16.0 Å². The van der Waals surface area contributed by atoms with E-state index in [2.05, 4.69) is 6.92 Å². The van der Waals surface area contributed by atoms with Gasteiger partial charge in [-0.3, -0.25) is 10.1 Å². The topological polar surface area (TPSA) is 56.8 Å². The van der Waals surface area contributed by atoms with E-state index in [1.165, 1.54) is 36.9 Å². The molecule has 1 aromatic carbocycles. The molecular weight excluding hydrogens is 244 g/mol. The van der Waals surface area contributed by atoms with E-state index >= 15 is 0 Å². The first-order valence-electron chi connectivity index (χ1n) is 6.86. The van der Waals surface area contributed by atoms with E-state index in [0.717, 1.165) is 12.5 Å². The number of likely N-dealkylation sites (tertiary alicyclic amines) is 1. The Balaban J connectivity index is 1.84. The summed E-state index contributed by atoms with van der Waals surface area (Å²) in [6.07, 6.45) is 2.58. The van der Waals surface area contributed by atoms with Gasteiger partial charge < -0.3 is 9.64 Å². The van der Waals surface area contributed by atoms with E-state index < -0.39 is 4.92 Å². The predicted molar refractivity (Wildman–Crippen MR) is 72.6 cm³/mol. The fourth-order valence-electron chi connectivity index (χ4n) is 2.66. The molecule has 1 saturated heterocycles. The lowest BCUT2D eigenvalue weighted by molar-refractivity contribution is -0.908. The van der Waals surface area contributed by atoms with Crippen molar-refractivity contribution in [2.45, 2.75) is 19.8 Å². The predicted octanol–water partition coefficient (Wildman–Crippen LogP) is 1.29. The van der Waals surface area contributed by atoms with Crippen LogP contribution in [0.4, 0.5) is 5.69 Å². The molecule has 2 atom stereocenters. The zero-order valence-corrected chi connectivity index (χ0v) is 11.3. The van der Waals surface area contributed by atoms with Crippen molar-refractivity contribution in [2.75, 3.05) is 26.2 Å². The Bertz CT molecular complexity index is 436. The zero-order chi connectivity index (χ0) is 13.7. The smallest absolute Gasteiger partial charge is 0.310 e. The van der Waals surface area contributed by atoms with Gasteiger partial charge in [-0.2, -0.15) is 0 Å². The summed E-state index contributed by atoms with van der Waals surface area (Å²) >= 11 is 0. The Morgan fingerprint density at radius 1 is 1.47 bits per heavy atom. The molecule has 2 rings (SSSR count). The Labute approximate surface area is 113 Å². The summed E-state index contributed by atoms with van der Waals surface area (Å²) in [5, 5.41) is 10.8. The Hall–Kier alpha value is -1.62. The van der Waals surface area contributed by atoms with Crippen molar-refractivity contribution in [3.63, 3.8) is 0 Å². The maximum absolute atomic E-state index is 10.8. The lowest BCUT2D eigenvalue weighted by atomic mass is 10.0. The largest absolute Gasteiger partial charge is 0.481 e. The van der Waals surface area contributed by atoms with E-state index in [1.807, 2.05) is 0 Å². The van der Waals surface area contributed by atoms with Gasteiger partial charge in [0.05, 0.1) is 18.0 Å². The minimum atomic E-state index is -0.398. The van der Waals surface area contributed by atoms with Crippen LogP contribution in [0.5, 0.6) is 5.75 Å². The average molecular weight is 265 g/mol. The van der Waals surface area contributed by atoms with E-state index in [4.69, 9.17) is 4.74 Å². The van der Waals surface area contributed by atoms with Gasteiger partial charge >= 0.3 is 5.69 Å². The van der Waals surface area contributed by atoms with Gasteiger partial charge in [0.1, 0.15) is 13.2 Å². The number of nitro benzene ring substituents is 1. The third-order valence-corrected chi connectivity index (χ3v) is 3.64. The number of nitrogens with one attached hydrogen (secondary N) is 1. The highest BCUT2D eigenvalue weighted by molar-refractivity contribution is 5.45. The van der Waals surface area contributed by atoms with Crippen molar-refractivity contribution in [1.29, 1.82) is 0 Å². The van der Waals surface area contributed by atoms with Gasteiger partial charge in [0.25, 0.3) is 0 Å². The minimum absolute atomic E-state index is 0.0458. The first kappa shape index (κ1) is 13.8. The first-order valence-corrected chi connectivity index (χ1v) is 6.86. The molecule has 1 N–H and O–H groups in total. The molecule has 1 heterocycles. The lowest BCUT2D eigenvalue weighted by Crippen LogP contribution is -3.14. The molecule has 1 fully saturated rings. The van der Waals surface area contributed by atoms with Crippen LogP contribution in [-0.2, 0) is 0 Å². The second kappa shape index (κ2) is 6.52. The highest BCUT2D eigenvalue weighted by Gasteiger charge is 2.20. The third kappa shape index (κ3) is 3.92. The second-order valence-electron chi connectivity index (χ2n) is 5.27. The number of rotatable bonds is 5. The molecule has 0 aliphatic carbocycles. The van der Waals surface area contributed by atoms with Crippen LogP contribution in [0.2, 0.25) is 0 Å². The van der Waals surface area contributed by atoms with Crippen LogP contribution in [0.15, 0.2) is 24.3 Å². The fraction of sp³-hybridized carbons (Fsp3) is 0.571. The van der Waals surface area contributed by atoms with Crippen LogP contribution in [0.25, 0.3) is 0 Å². The fourth-order valence-corrected chi connectivity index (χ4v) is 2.66. The monoisotopic (exact) mass is 265 g/mol. The molecule has 0 aromatic heterocycles. The van der Waals surface area contributed by atoms with E-state index in [9.17, 15) is 10.1 Å². The Morgan fingerprint density at radius 3 is 3.00 bits per heavy atom. The van der Waals surface area contributed by atoms with Crippen molar-refractivity contribution in [2.24, 2.45) is 5.92 Å². The second-order valence-corrected chi connectivity index (χ2v) is 5.27. The van der Waals surface area contributed by atoms with Gasteiger partial charge in [-0.25, -0.2) is 0 Å². The van der Waals surface area contributed by atoms with Gasteiger partial charge in [0.2, 0.25) is 0 Å². The standard InChI is InChI=1S/C14H20N2O3/c1-12-5-4-8-15(11-12)9-10-19-14-7-3-2-6-13(14)16(17)18/h2-3,6-7,12H,4-5,8-11H2,1H3/p+1/t12-/m0/s1. The molecule has 0 saturated carbocycles. The molecule has 5 heteroatoms. The summed E-state index contributed by atoms with van der Waals surface area (Å²) in [7, 11) is 0. The molecule has 1 aliphatic heterocycles. The molecule has 1 aliphatic rings. The molecule has 1 aromatic rings. The summed E-state index contributed by atoms with van der Waals surface area (Å²) in [6, 6.07) is 6.55. The zero-order valence-electron chi connectivity index (χ0n) is 11.3. The van der Waals surface area contributed by atoms with Crippen molar-refractivity contribution >= 4 is 5.69 Å². The number of ether oxygens (including phenoxy) is 1. The maximum atomic E-state index is 10.8. The maximum Gasteiger partial charge on any atom is 0.310 e. The normalized spacial score (nSPS) is 23.0. The molecular formula is C14H21N2O3+. The van der Waals surface area contributed by atoms with Crippen molar-refractivity contribution in [1.82, 2.24) is 0 Å². The third-order valence-electron chi connectivity index (χ3n) is 3.64. The van der Waals surface area contributed by atoms with E-state index in [1.54, 1.807) is 18.2 Å². The summed E-state index contributed by atoms with van der Waals surface area (Å²) in [5.74, 6) is 1.15. The van der Waals surface area contributed by atoms with Gasteiger partial charge in [0, 0.05) is 12.0 Å². The number of piperidine rings is 1. The molecule has 0 bridgehead atoms. The van der Waals surface area contributed by atoms with Crippen molar-refractivity contribution < 1.29 is 14.6 Å². The molecule has 0 amide bonds. The van der Waals surface area contributed by atoms with Gasteiger partial charge in [0.15, 0.2) is 5.75 Å². The molecule has 0 spiro atoms. The molecule has 104 valence electrons. The van der Waals surface area contributed by atoms with Crippen LogP contribution in [0.3, 0.4) is 0 Å². The van der Waals surface area contributed by atoms with Crippen molar-refractivity contribution in [3.05, 3.63) is 34.4 Å². The summed E-state index contributed by atoms with van der Waals surface area (Å²) in [6.45, 7) is 6.09. The molecule has 0 radical (unpaired) electrons. The van der Waals surface area contributed by atoms with Crippen molar-refractivity contribution in [3.8, 4) is 5.75 Å². The highest BCUT2D eigenvalue weighted by atomic mass is 16.6. The Kier molecular flexibility index (Phi) is 4.74. The quantitative estimate of drug-likeness (QED) is 0.644. The summed E-state index contributed by atoms with van der Waals surface area (Å²) < 4.78 is 5.57. The Morgan fingerprint density at radius 2 is 2.26 bits per heavy atom. The van der Waals surface area contributed by atoms with Gasteiger partial charge in [-0.05, 0) is 18.9 Å². The highest BCUT2D eigenvalue weighted by Crippen LogP contribution is 2.25. The van der Waals surface area contributed by atoms with E-state index in [-0.39, 0.29) is 5.69 Å². The summed E-state index contributed by atoms with van der Waals surface area (Å²) in [4.78, 5) is 12.0. The number of para-hydroxylation sites is 2. The number of nitrogens with zero attached hydrogens (tertiary/aromatic N) is 1. The van der Waals surface area contributed by atoms with Crippen LogP contribution < -0.4 is 9.64 Å². The average Bonchev–Trinajstić information content (AvgIpc) is 2.39. The van der Waals surface area contributed by atoms with E-state index in [0.29, 0.717) is 12.4 Å². The molecule has 5 nitrogen and oxygen atoms in total. The number of benzene rings is 1. The van der Waals surface area contributed by atoms with Crippen LogP contribution in [0.1, 0.15) is 19.8 Å². The SMILES string of the molecule is C[C@H]1CCC[NH+](CCOc2ccccc2[N+](=O)[O-])C1. The lowest BCUT2D eigenvalue weighted by Gasteiger charge is -2.27. The van der Waals surface area contributed by atoms with Crippen LogP contribution in [-0.4, -0.2) is 31.2 Å². The molecule has 19 heavy (non-hydrogen) atoms. The van der Waals surface area contributed by atoms with Crippen LogP contribution >= 0.6 is 0 Å². The number of hydrogen-bond donors (Lipinski definition) is 1. The number of hydrogen-bond acceptors (Lipinski definition) is 3. The summed E-state index contributed by atoms with van der Waals surface area (Å²) in [5.41, 5.74) is 0.0458.